The van der Waals surface area contributed by atoms with Gasteiger partial charge in [-0.2, -0.15) is 5.10 Å². The third-order valence-electron chi connectivity index (χ3n) is 5.54. The Balaban J connectivity index is 1.45. The first-order chi connectivity index (χ1) is 12.7. The van der Waals surface area contributed by atoms with Crippen LogP contribution in [-0.4, -0.2) is 64.0 Å². The van der Waals surface area contributed by atoms with Crippen molar-refractivity contribution < 1.29 is 14.6 Å². The van der Waals surface area contributed by atoms with Gasteiger partial charge in [0.05, 0.1) is 18.7 Å². The van der Waals surface area contributed by atoms with Crippen LogP contribution in [-0.2, 0) is 4.74 Å². The van der Waals surface area contributed by atoms with Crippen molar-refractivity contribution in [1.82, 2.24) is 20.4 Å². The van der Waals surface area contributed by atoms with E-state index in [1.807, 2.05) is 0 Å². The highest BCUT2D eigenvalue weighted by molar-refractivity contribution is 6.05. The van der Waals surface area contributed by atoms with Crippen molar-refractivity contribution >= 4 is 16.8 Å². The van der Waals surface area contributed by atoms with Crippen LogP contribution in [0.3, 0.4) is 0 Å². The summed E-state index contributed by atoms with van der Waals surface area (Å²) in [5.41, 5.74) is 1.05. The van der Waals surface area contributed by atoms with Crippen molar-refractivity contribution in [3.8, 4) is 5.75 Å². The lowest BCUT2D eigenvalue weighted by Gasteiger charge is -2.48. The number of aromatic nitrogens is 2. The van der Waals surface area contributed by atoms with Gasteiger partial charge in [-0.1, -0.05) is 13.3 Å². The number of aromatic hydroxyl groups is 1. The van der Waals surface area contributed by atoms with Crippen LogP contribution in [0.2, 0.25) is 0 Å². The molecule has 2 aliphatic heterocycles. The Morgan fingerprint density at radius 2 is 2.15 bits per heavy atom. The van der Waals surface area contributed by atoms with Crippen LogP contribution in [0, 0.1) is 0 Å². The van der Waals surface area contributed by atoms with E-state index in [1.165, 1.54) is 12.8 Å². The molecule has 26 heavy (non-hydrogen) atoms. The van der Waals surface area contributed by atoms with Gasteiger partial charge in [0.2, 0.25) is 0 Å². The van der Waals surface area contributed by atoms with E-state index in [4.69, 9.17) is 4.74 Å². The normalized spacial score (nSPS) is 26.1. The molecule has 1 aromatic carbocycles. The molecule has 0 radical (unpaired) electrons. The summed E-state index contributed by atoms with van der Waals surface area (Å²) >= 11 is 0. The number of hydrogen-bond donors (Lipinski definition) is 3. The highest BCUT2D eigenvalue weighted by atomic mass is 16.5. The average molecular weight is 358 g/mol. The number of piperidine rings is 1. The number of H-pyrrole nitrogens is 1. The molecule has 2 aliphatic rings. The summed E-state index contributed by atoms with van der Waals surface area (Å²) in [5.74, 6) is -0.00618. The van der Waals surface area contributed by atoms with Gasteiger partial charge >= 0.3 is 0 Å². The fraction of sp³-hybridized carbons (Fsp3) is 0.579. The molecule has 0 aliphatic carbocycles. The topological polar surface area (TPSA) is 90.5 Å². The Kier molecular flexibility index (Phi) is 4.82. The zero-order chi connectivity index (χ0) is 18.1. The number of morpholine rings is 1. The number of hydrogen-bond acceptors (Lipinski definition) is 5. The maximum Gasteiger partial charge on any atom is 0.272 e. The van der Waals surface area contributed by atoms with Crippen LogP contribution in [0.1, 0.15) is 43.1 Å². The second kappa shape index (κ2) is 7.25. The van der Waals surface area contributed by atoms with Crippen molar-refractivity contribution in [1.29, 1.82) is 0 Å². The van der Waals surface area contributed by atoms with E-state index in [-0.39, 0.29) is 17.7 Å². The van der Waals surface area contributed by atoms with E-state index in [2.05, 4.69) is 27.3 Å². The molecule has 2 saturated heterocycles. The number of benzene rings is 1. The van der Waals surface area contributed by atoms with Gasteiger partial charge in [0.25, 0.3) is 5.91 Å². The second-order valence-electron chi connectivity index (χ2n) is 7.38. The van der Waals surface area contributed by atoms with Gasteiger partial charge in [0, 0.05) is 29.6 Å². The maximum atomic E-state index is 12.7. The van der Waals surface area contributed by atoms with Gasteiger partial charge in [-0.25, -0.2) is 0 Å². The summed E-state index contributed by atoms with van der Waals surface area (Å²) in [7, 11) is 0. The number of nitrogens with zero attached hydrogens (tertiary/aromatic N) is 2. The van der Waals surface area contributed by atoms with Crippen molar-refractivity contribution in [2.75, 3.05) is 19.8 Å². The number of ether oxygens (including phenoxy) is 1. The zero-order valence-corrected chi connectivity index (χ0v) is 15.1. The number of phenols is 1. The van der Waals surface area contributed by atoms with E-state index < -0.39 is 0 Å². The standard InChI is InChI=1S/C19H26N4O3/c1-2-3-6-23-13-7-12(8-14(23)11-26-10-13)20-19(25)18-16-5-4-15(24)9-17(16)21-22-18/h4-5,9,12-14,24H,2-3,6-8,10-11H2,1H3,(H,20,25)(H,21,22). The second-order valence-corrected chi connectivity index (χ2v) is 7.38. The SMILES string of the molecule is CCCCN1C2COCC1CC(NC(=O)c1n[nH]c3cc(O)ccc13)C2. The van der Waals surface area contributed by atoms with E-state index in [9.17, 15) is 9.90 Å². The van der Waals surface area contributed by atoms with E-state index >= 15 is 0 Å². The van der Waals surface area contributed by atoms with Crippen molar-refractivity contribution in [3.63, 3.8) is 0 Å². The van der Waals surface area contributed by atoms with Crippen LogP contribution in [0.4, 0.5) is 0 Å². The van der Waals surface area contributed by atoms with Gasteiger partial charge in [0.15, 0.2) is 5.69 Å². The first-order valence-electron chi connectivity index (χ1n) is 9.47. The summed E-state index contributed by atoms with van der Waals surface area (Å²) in [5, 5.41) is 20.4. The number of rotatable bonds is 5. The van der Waals surface area contributed by atoms with Crippen LogP contribution in [0.5, 0.6) is 5.75 Å². The van der Waals surface area contributed by atoms with Crippen molar-refractivity contribution in [2.24, 2.45) is 0 Å². The Morgan fingerprint density at radius 3 is 2.88 bits per heavy atom. The van der Waals surface area contributed by atoms with Gasteiger partial charge in [-0.15, -0.1) is 0 Å². The number of aromatic amines is 1. The van der Waals surface area contributed by atoms with Gasteiger partial charge in [0.1, 0.15) is 5.75 Å². The number of fused-ring (bicyclic) bond motifs is 3. The highest BCUT2D eigenvalue weighted by Gasteiger charge is 2.39. The van der Waals surface area contributed by atoms with Crippen molar-refractivity contribution in [3.05, 3.63) is 23.9 Å². The molecule has 2 fully saturated rings. The summed E-state index contributed by atoms with van der Waals surface area (Å²) < 4.78 is 5.75. The van der Waals surface area contributed by atoms with Gasteiger partial charge in [-0.05, 0) is 37.9 Å². The lowest BCUT2D eigenvalue weighted by Crippen LogP contribution is -2.60. The molecule has 7 nitrogen and oxygen atoms in total. The third-order valence-corrected chi connectivity index (χ3v) is 5.54. The van der Waals surface area contributed by atoms with Crippen LogP contribution >= 0.6 is 0 Å². The summed E-state index contributed by atoms with van der Waals surface area (Å²) in [6.45, 7) is 4.82. The lowest BCUT2D eigenvalue weighted by atomic mass is 9.89. The predicted octanol–water partition coefficient (Wildman–Crippen LogP) is 2.03. The molecule has 3 heterocycles. The van der Waals surface area contributed by atoms with E-state index in [1.54, 1.807) is 18.2 Å². The Hall–Kier alpha value is -2.12. The molecule has 7 heteroatoms. The smallest absolute Gasteiger partial charge is 0.272 e. The number of amides is 1. The summed E-state index contributed by atoms with van der Waals surface area (Å²) in [6, 6.07) is 5.77. The fourth-order valence-electron chi connectivity index (χ4n) is 4.25. The Bertz CT molecular complexity index is 776. The number of unbranched alkanes of at least 4 members (excludes halogenated alkanes) is 1. The minimum Gasteiger partial charge on any atom is -0.508 e. The van der Waals surface area contributed by atoms with E-state index in [0.717, 1.165) is 38.0 Å². The molecule has 0 spiro atoms. The van der Waals surface area contributed by atoms with Gasteiger partial charge < -0.3 is 15.2 Å². The summed E-state index contributed by atoms with van der Waals surface area (Å²) in [6.07, 6.45) is 4.22. The predicted molar refractivity (Wildman–Crippen MR) is 98.3 cm³/mol. The molecular weight excluding hydrogens is 332 g/mol. The molecule has 140 valence electrons. The van der Waals surface area contributed by atoms with E-state index in [0.29, 0.717) is 23.3 Å². The minimum atomic E-state index is -0.159. The number of carbonyl (C=O) groups is 1. The molecule has 1 amide bonds. The lowest BCUT2D eigenvalue weighted by molar-refractivity contribution is -0.0802. The molecule has 4 rings (SSSR count). The third kappa shape index (κ3) is 3.29. The molecule has 3 N–H and O–H groups in total. The number of nitrogens with one attached hydrogen (secondary N) is 2. The minimum absolute atomic E-state index is 0.142. The number of carbonyl (C=O) groups excluding carboxylic acids is 1. The summed E-state index contributed by atoms with van der Waals surface area (Å²) in [4.78, 5) is 15.3. The molecule has 2 atom stereocenters. The molecular formula is C19H26N4O3. The molecule has 2 bridgehead atoms. The molecule has 2 aromatic rings. The number of phenolic OH excluding ortho intramolecular Hbond substituents is 1. The van der Waals surface area contributed by atoms with Crippen LogP contribution in [0.15, 0.2) is 18.2 Å². The molecule has 2 unspecified atom stereocenters. The molecule has 0 saturated carbocycles. The average Bonchev–Trinajstić information content (AvgIpc) is 3.02. The highest BCUT2D eigenvalue weighted by Crippen LogP contribution is 2.28. The first kappa shape index (κ1) is 17.3. The van der Waals surface area contributed by atoms with Crippen molar-refractivity contribution in [2.45, 2.75) is 50.7 Å². The van der Waals surface area contributed by atoms with Gasteiger partial charge in [-0.3, -0.25) is 14.8 Å². The maximum absolute atomic E-state index is 12.7. The quantitative estimate of drug-likeness (QED) is 0.761. The van der Waals surface area contributed by atoms with Crippen LogP contribution in [0.25, 0.3) is 10.9 Å². The van der Waals surface area contributed by atoms with Crippen LogP contribution < -0.4 is 5.32 Å². The zero-order valence-electron chi connectivity index (χ0n) is 15.1. The Labute approximate surface area is 152 Å². The first-order valence-corrected chi connectivity index (χ1v) is 9.47. The molecule has 1 aromatic heterocycles. The fourth-order valence-corrected chi connectivity index (χ4v) is 4.25. The monoisotopic (exact) mass is 358 g/mol. The Morgan fingerprint density at radius 1 is 1.38 bits per heavy atom. The largest absolute Gasteiger partial charge is 0.508 e.